The smallest absolute Gasteiger partial charge is 0.264 e. The fourth-order valence-electron chi connectivity index (χ4n) is 2.79. The zero-order chi connectivity index (χ0) is 20.7. The van der Waals surface area contributed by atoms with Crippen LogP contribution >= 0.6 is 0 Å². The molecule has 0 heterocycles. The largest absolute Gasteiger partial charge is 0.495 e. The van der Waals surface area contributed by atoms with Crippen molar-refractivity contribution in [1.29, 1.82) is 0 Å². The van der Waals surface area contributed by atoms with Crippen LogP contribution in [0.3, 0.4) is 0 Å². The third-order valence-electron chi connectivity index (χ3n) is 4.31. The molecule has 7 heteroatoms. The first-order chi connectivity index (χ1) is 13.3. The number of nitrogens with zero attached hydrogens (tertiary/aromatic N) is 1. The zero-order valence-corrected chi connectivity index (χ0v) is 17.6. The molecule has 0 spiro atoms. The van der Waals surface area contributed by atoms with Crippen molar-refractivity contribution in [3.8, 4) is 5.75 Å². The van der Waals surface area contributed by atoms with Crippen molar-refractivity contribution in [3.05, 3.63) is 48.5 Å². The van der Waals surface area contributed by atoms with Gasteiger partial charge in [-0.3, -0.25) is 9.10 Å². The Kier molecular flexibility index (Phi) is 7.45. The molecule has 0 radical (unpaired) electrons. The highest BCUT2D eigenvalue weighted by Crippen LogP contribution is 2.31. The summed E-state index contributed by atoms with van der Waals surface area (Å²) in [5.41, 5.74) is 0.935. The summed E-state index contributed by atoms with van der Waals surface area (Å²) < 4.78 is 33.0. The van der Waals surface area contributed by atoms with Gasteiger partial charge in [0.15, 0.2) is 0 Å². The zero-order valence-electron chi connectivity index (χ0n) is 16.8. The second kappa shape index (κ2) is 9.59. The van der Waals surface area contributed by atoms with Crippen LogP contribution in [0.15, 0.2) is 53.4 Å². The summed E-state index contributed by atoms with van der Waals surface area (Å²) in [4.78, 5) is 12.3. The molecule has 0 saturated heterocycles. The first-order valence-electron chi connectivity index (χ1n) is 9.35. The highest BCUT2D eigenvalue weighted by atomic mass is 32.2. The molecule has 152 valence electrons. The molecular weight excluding hydrogens is 376 g/mol. The van der Waals surface area contributed by atoms with E-state index in [1.807, 2.05) is 19.9 Å². The lowest BCUT2D eigenvalue weighted by Gasteiger charge is -2.23. The molecule has 6 nitrogen and oxygen atoms in total. The minimum absolute atomic E-state index is 0.0955. The summed E-state index contributed by atoms with van der Waals surface area (Å²) in [5, 5.41) is 2.78. The number of anilines is 2. The molecule has 28 heavy (non-hydrogen) atoms. The molecule has 0 aliphatic carbocycles. The molecule has 2 aromatic carbocycles. The molecule has 0 bridgehead atoms. The second-order valence-electron chi connectivity index (χ2n) is 6.85. The van der Waals surface area contributed by atoms with Crippen molar-refractivity contribution in [3.63, 3.8) is 0 Å². The first-order valence-corrected chi connectivity index (χ1v) is 10.8. The molecule has 2 rings (SSSR count). The van der Waals surface area contributed by atoms with Crippen LogP contribution in [0.1, 0.15) is 33.6 Å². The summed E-state index contributed by atoms with van der Waals surface area (Å²) in [6.45, 7) is 6.16. The van der Waals surface area contributed by atoms with E-state index >= 15 is 0 Å². The number of carbonyl (C=O) groups is 1. The Bertz CT molecular complexity index is 896. The molecule has 0 unspecified atom stereocenters. The van der Waals surface area contributed by atoms with Crippen LogP contribution in [0.2, 0.25) is 0 Å². The van der Waals surface area contributed by atoms with Gasteiger partial charge in [-0.05, 0) is 49.6 Å². The Hall–Kier alpha value is -2.54. The van der Waals surface area contributed by atoms with Crippen LogP contribution < -0.4 is 14.4 Å². The standard InChI is InChI=1S/C21H28N2O4S/c1-5-23(17-9-7-6-8-10-17)28(25,26)18-12-13-20(27-4)19(15-18)22-21(24)14-11-16(2)3/h6-10,12-13,15-16H,5,11,14H2,1-4H3,(H,22,24). The van der Waals surface area contributed by atoms with E-state index in [1.165, 1.54) is 23.5 Å². The minimum Gasteiger partial charge on any atom is -0.495 e. The average Bonchev–Trinajstić information content (AvgIpc) is 2.67. The lowest BCUT2D eigenvalue weighted by molar-refractivity contribution is -0.116. The normalized spacial score (nSPS) is 11.3. The van der Waals surface area contributed by atoms with Crippen molar-refractivity contribution in [2.75, 3.05) is 23.3 Å². The summed E-state index contributed by atoms with van der Waals surface area (Å²) in [6.07, 6.45) is 1.12. The lowest BCUT2D eigenvalue weighted by Crippen LogP contribution is -2.30. The van der Waals surface area contributed by atoms with Gasteiger partial charge in [0.2, 0.25) is 5.91 Å². The highest BCUT2D eigenvalue weighted by Gasteiger charge is 2.25. The van der Waals surface area contributed by atoms with Gasteiger partial charge in [-0.1, -0.05) is 32.0 Å². The first kappa shape index (κ1) is 21.8. The SMILES string of the molecule is CCN(c1ccccc1)S(=O)(=O)c1ccc(OC)c(NC(=O)CCC(C)C)c1. The van der Waals surface area contributed by atoms with Gasteiger partial charge in [0.25, 0.3) is 10.0 Å². The molecule has 1 N–H and O–H groups in total. The van der Waals surface area contributed by atoms with Crippen LogP contribution in [-0.2, 0) is 14.8 Å². The van der Waals surface area contributed by atoms with E-state index in [1.54, 1.807) is 37.3 Å². The monoisotopic (exact) mass is 404 g/mol. The van der Waals surface area contributed by atoms with Gasteiger partial charge < -0.3 is 10.1 Å². The van der Waals surface area contributed by atoms with Crippen molar-refractivity contribution < 1.29 is 17.9 Å². The fourth-order valence-corrected chi connectivity index (χ4v) is 4.29. The Morgan fingerprint density at radius 2 is 1.82 bits per heavy atom. The number of sulfonamides is 1. The van der Waals surface area contributed by atoms with Crippen molar-refractivity contribution >= 4 is 27.3 Å². The number of nitrogens with one attached hydrogen (secondary N) is 1. The van der Waals surface area contributed by atoms with E-state index in [-0.39, 0.29) is 17.3 Å². The molecule has 0 atom stereocenters. The highest BCUT2D eigenvalue weighted by molar-refractivity contribution is 7.92. The van der Waals surface area contributed by atoms with E-state index in [9.17, 15) is 13.2 Å². The quantitative estimate of drug-likeness (QED) is 0.677. The van der Waals surface area contributed by atoms with Crippen LogP contribution in [0.25, 0.3) is 0 Å². The number of hydrogen-bond donors (Lipinski definition) is 1. The molecule has 0 aliphatic heterocycles. The van der Waals surface area contributed by atoms with Crippen LogP contribution in [-0.4, -0.2) is 28.0 Å². The maximum absolute atomic E-state index is 13.2. The van der Waals surface area contributed by atoms with Crippen LogP contribution in [0.4, 0.5) is 11.4 Å². The van der Waals surface area contributed by atoms with Gasteiger partial charge in [0.1, 0.15) is 5.75 Å². The van der Waals surface area contributed by atoms with Gasteiger partial charge in [0.05, 0.1) is 23.4 Å². The maximum Gasteiger partial charge on any atom is 0.264 e. The summed E-state index contributed by atoms with van der Waals surface area (Å²) in [7, 11) is -2.30. The van der Waals surface area contributed by atoms with E-state index < -0.39 is 10.0 Å². The lowest BCUT2D eigenvalue weighted by atomic mass is 10.1. The number of carbonyl (C=O) groups excluding carboxylic acids is 1. The van der Waals surface area contributed by atoms with Crippen molar-refractivity contribution in [2.24, 2.45) is 5.92 Å². The van der Waals surface area contributed by atoms with E-state index in [0.717, 1.165) is 6.42 Å². The molecule has 1 amide bonds. The number of amides is 1. The Balaban J connectivity index is 2.36. The second-order valence-corrected chi connectivity index (χ2v) is 8.71. The maximum atomic E-state index is 13.2. The molecule has 0 fully saturated rings. The van der Waals surface area contributed by atoms with Gasteiger partial charge >= 0.3 is 0 Å². The molecule has 2 aromatic rings. The van der Waals surface area contributed by atoms with Crippen molar-refractivity contribution in [1.82, 2.24) is 0 Å². The summed E-state index contributed by atoms with van der Waals surface area (Å²) >= 11 is 0. The summed E-state index contributed by atoms with van der Waals surface area (Å²) in [6, 6.07) is 13.4. The molecule has 0 saturated carbocycles. The van der Waals surface area contributed by atoms with Gasteiger partial charge in [-0.25, -0.2) is 8.42 Å². The third-order valence-corrected chi connectivity index (χ3v) is 6.21. The van der Waals surface area contributed by atoms with Crippen LogP contribution in [0, 0.1) is 5.92 Å². The Morgan fingerprint density at radius 3 is 2.39 bits per heavy atom. The van der Waals surface area contributed by atoms with Gasteiger partial charge in [-0.2, -0.15) is 0 Å². The van der Waals surface area contributed by atoms with Crippen LogP contribution in [0.5, 0.6) is 5.75 Å². The number of rotatable bonds is 9. The number of hydrogen-bond acceptors (Lipinski definition) is 4. The topological polar surface area (TPSA) is 75.7 Å². The van der Waals surface area contributed by atoms with Gasteiger partial charge in [-0.15, -0.1) is 0 Å². The molecule has 0 aliphatic rings. The minimum atomic E-state index is -3.79. The predicted octanol–water partition coefficient (Wildman–Crippen LogP) is 4.29. The third kappa shape index (κ3) is 5.25. The number of ether oxygens (including phenoxy) is 1. The average molecular weight is 405 g/mol. The molecular formula is C21H28N2O4S. The number of methoxy groups -OCH3 is 1. The van der Waals surface area contributed by atoms with E-state index in [2.05, 4.69) is 5.32 Å². The Morgan fingerprint density at radius 1 is 1.14 bits per heavy atom. The van der Waals surface area contributed by atoms with Crippen molar-refractivity contribution in [2.45, 2.75) is 38.5 Å². The Labute approximate surface area is 167 Å². The molecule has 0 aromatic heterocycles. The predicted molar refractivity (Wildman–Crippen MR) is 112 cm³/mol. The fraction of sp³-hybridized carbons (Fsp3) is 0.381. The van der Waals surface area contributed by atoms with E-state index in [0.29, 0.717) is 29.5 Å². The number of benzene rings is 2. The number of para-hydroxylation sites is 1. The summed E-state index contributed by atoms with van der Waals surface area (Å²) in [5.74, 6) is 0.653. The van der Waals surface area contributed by atoms with E-state index in [4.69, 9.17) is 4.74 Å². The van der Waals surface area contributed by atoms with Gasteiger partial charge in [0, 0.05) is 13.0 Å².